The number of carbonyl (C=O) groups excluding carboxylic acids is 1. The molecule has 2 aromatic heterocycles. The van der Waals surface area contributed by atoms with E-state index in [1.54, 1.807) is 6.20 Å². The SMILES string of the molecule is CNC1CCN(C(=O)c2cc(-c3ccccc3C)nc3c2cnn3C(C)C)CC1. The van der Waals surface area contributed by atoms with Gasteiger partial charge in [-0.05, 0) is 52.3 Å². The maximum Gasteiger partial charge on any atom is 0.254 e. The normalized spacial score (nSPS) is 15.4. The molecule has 1 aliphatic rings. The van der Waals surface area contributed by atoms with Crippen LogP contribution in [-0.2, 0) is 0 Å². The molecule has 6 heteroatoms. The summed E-state index contributed by atoms with van der Waals surface area (Å²) in [5, 5.41) is 8.69. The zero-order chi connectivity index (χ0) is 20.5. The first-order valence-corrected chi connectivity index (χ1v) is 10.4. The minimum absolute atomic E-state index is 0.0742. The molecule has 3 heterocycles. The van der Waals surface area contributed by atoms with Crippen molar-refractivity contribution in [3.63, 3.8) is 0 Å². The van der Waals surface area contributed by atoms with Gasteiger partial charge in [0.15, 0.2) is 5.65 Å². The Labute approximate surface area is 171 Å². The highest BCUT2D eigenvalue weighted by Gasteiger charge is 2.26. The Morgan fingerprint density at radius 2 is 1.93 bits per heavy atom. The lowest BCUT2D eigenvalue weighted by molar-refractivity contribution is 0.0709. The van der Waals surface area contributed by atoms with Gasteiger partial charge in [0.05, 0.1) is 22.8 Å². The highest BCUT2D eigenvalue weighted by Crippen LogP contribution is 2.29. The zero-order valence-electron chi connectivity index (χ0n) is 17.6. The number of benzene rings is 1. The van der Waals surface area contributed by atoms with E-state index in [0.29, 0.717) is 11.6 Å². The lowest BCUT2D eigenvalue weighted by Crippen LogP contribution is -2.44. The summed E-state index contributed by atoms with van der Waals surface area (Å²) < 4.78 is 1.90. The van der Waals surface area contributed by atoms with Gasteiger partial charge in [-0.2, -0.15) is 5.10 Å². The molecular weight excluding hydrogens is 362 g/mol. The number of carbonyl (C=O) groups is 1. The number of nitrogens with one attached hydrogen (secondary N) is 1. The van der Waals surface area contributed by atoms with E-state index in [4.69, 9.17) is 4.98 Å². The Kier molecular flexibility index (Phi) is 5.37. The molecule has 1 aromatic carbocycles. The predicted octanol–water partition coefficient (Wildman–Crippen LogP) is 3.81. The quantitative estimate of drug-likeness (QED) is 0.735. The molecule has 0 saturated carbocycles. The van der Waals surface area contributed by atoms with Crippen molar-refractivity contribution in [1.29, 1.82) is 0 Å². The third kappa shape index (κ3) is 3.65. The van der Waals surface area contributed by atoms with Crippen LogP contribution in [-0.4, -0.2) is 51.8 Å². The van der Waals surface area contributed by atoms with Crippen molar-refractivity contribution < 1.29 is 4.79 Å². The molecule has 0 radical (unpaired) electrons. The van der Waals surface area contributed by atoms with Crippen LogP contribution in [0.3, 0.4) is 0 Å². The molecule has 1 N–H and O–H groups in total. The summed E-state index contributed by atoms with van der Waals surface area (Å²) in [5.41, 5.74) is 4.49. The van der Waals surface area contributed by atoms with Crippen LogP contribution in [0.25, 0.3) is 22.3 Å². The fraction of sp³-hybridized carbons (Fsp3) is 0.435. The van der Waals surface area contributed by atoms with Crippen LogP contribution >= 0.6 is 0 Å². The molecular formula is C23H29N5O. The van der Waals surface area contributed by atoms with Gasteiger partial charge in [-0.15, -0.1) is 0 Å². The predicted molar refractivity (Wildman–Crippen MR) is 116 cm³/mol. The molecule has 0 bridgehead atoms. The molecule has 29 heavy (non-hydrogen) atoms. The highest BCUT2D eigenvalue weighted by molar-refractivity contribution is 6.06. The number of hydrogen-bond donors (Lipinski definition) is 1. The smallest absolute Gasteiger partial charge is 0.254 e. The van der Waals surface area contributed by atoms with E-state index in [9.17, 15) is 4.79 Å². The average molecular weight is 392 g/mol. The summed E-state index contributed by atoms with van der Waals surface area (Å²) in [5.74, 6) is 0.0742. The van der Waals surface area contributed by atoms with E-state index in [1.807, 2.05) is 34.8 Å². The maximum atomic E-state index is 13.5. The van der Waals surface area contributed by atoms with Crippen molar-refractivity contribution in [3.05, 3.63) is 47.7 Å². The van der Waals surface area contributed by atoms with Gasteiger partial charge >= 0.3 is 0 Å². The molecule has 152 valence electrons. The molecule has 1 saturated heterocycles. The number of pyridine rings is 1. The van der Waals surface area contributed by atoms with Crippen molar-refractivity contribution in [2.45, 2.75) is 45.7 Å². The summed E-state index contributed by atoms with van der Waals surface area (Å²) in [6.45, 7) is 7.78. The van der Waals surface area contributed by atoms with Crippen molar-refractivity contribution >= 4 is 16.9 Å². The van der Waals surface area contributed by atoms with Crippen LogP contribution in [0, 0.1) is 6.92 Å². The van der Waals surface area contributed by atoms with Gasteiger partial charge in [-0.1, -0.05) is 24.3 Å². The van der Waals surface area contributed by atoms with Gasteiger partial charge < -0.3 is 10.2 Å². The standard InChI is InChI=1S/C23H29N5O/c1-15(2)28-22-20(14-25-28)19(23(29)27-11-9-17(24-4)10-12-27)13-21(26-22)18-8-6-5-7-16(18)3/h5-8,13-15,17,24H,9-12H2,1-4H3. The van der Waals surface area contributed by atoms with E-state index in [0.717, 1.165) is 53.8 Å². The van der Waals surface area contributed by atoms with Crippen LogP contribution in [0.2, 0.25) is 0 Å². The zero-order valence-corrected chi connectivity index (χ0v) is 17.6. The molecule has 0 spiro atoms. The summed E-state index contributed by atoms with van der Waals surface area (Å²) in [4.78, 5) is 20.4. The molecule has 6 nitrogen and oxygen atoms in total. The van der Waals surface area contributed by atoms with E-state index in [1.165, 1.54) is 0 Å². The molecule has 0 atom stereocenters. The molecule has 4 rings (SSSR count). The van der Waals surface area contributed by atoms with Gasteiger partial charge in [0.25, 0.3) is 5.91 Å². The monoisotopic (exact) mass is 391 g/mol. The van der Waals surface area contributed by atoms with Crippen molar-refractivity contribution in [2.24, 2.45) is 0 Å². The Morgan fingerprint density at radius 1 is 1.21 bits per heavy atom. The molecule has 1 fully saturated rings. The largest absolute Gasteiger partial charge is 0.339 e. The number of aromatic nitrogens is 3. The first kappa shape index (κ1) is 19.6. The third-order valence-corrected chi connectivity index (χ3v) is 5.90. The number of fused-ring (bicyclic) bond motifs is 1. The van der Waals surface area contributed by atoms with E-state index in [2.05, 4.69) is 43.3 Å². The van der Waals surface area contributed by atoms with Crippen molar-refractivity contribution in [3.8, 4) is 11.3 Å². The topological polar surface area (TPSA) is 63.1 Å². The second-order valence-corrected chi connectivity index (χ2v) is 8.15. The number of aryl methyl sites for hydroxylation is 1. The third-order valence-electron chi connectivity index (χ3n) is 5.90. The molecule has 0 aliphatic carbocycles. The summed E-state index contributed by atoms with van der Waals surface area (Å²) in [7, 11) is 1.99. The van der Waals surface area contributed by atoms with Gasteiger partial charge in [0, 0.05) is 30.7 Å². The van der Waals surface area contributed by atoms with Gasteiger partial charge in [0.1, 0.15) is 0 Å². The van der Waals surface area contributed by atoms with Gasteiger partial charge in [0.2, 0.25) is 0 Å². The fourth-order valence-corrected chi connectivity index (χ4v) is 4.11. The summed E-state index contributed by atoms with van der Waals surface area (Å²) in [6, 6.07) is 10.8. The van der Waals surface area contributed by atoms with Crippen LogP contribution in [0.5, 0.6) is 0 Å². The molecule has 3 aromatic rings. The minimum atomic E-state index is 0.0742. The van der Waals surface area contributed by atoms with E-state index in [-0.39, 0.29) is 11.9 Å². The molecule has 0 unspecified atom stereocenters. The second-order valence-electron chi connectivity index (χ2n) is 8.15. The van der Waals surface area contributed by atoms with Crippen LogP contribution < -0.4 is 5.32 Å². The highest BCUT2D eigenvalue weighted by atomic mass is 16.2. The number of nitrogens with zero attached hydrogens (tertiary/aromatic N) is 4. The first-order chi connectivity index (χ1) is 14.0. The number of likely N-dealkylation sites (tertiary alicyclic amines) is 1. The Hall–Kier alpha value is -2.73. The number of rotatable bonds is 4. The maximum absolute atomic E-state index is 13.5. The van der Waals surface area contributed by atoms with Gasteiger partial charge in [-0.25, -0.2) is 9.67 Å². The average Bonchev–Trinajstić information content (AvgIpc) is 3.17. The van der Waals surface area contributed by atoms with Crippen molar-refractivity contribution in [1.82, 2.24) is 25.0 Å². The minimum Gasteiger partial charge on any atom is -0.339 e. The molecule has 1 amide bonds. The van der Waals surface area contributed by atoms with E-state index >= 15 is 0 Å². The number of hydrogen-bond acceptors (Lipinski definition) is 4. The Balaban J connectivity index is 1.82. The second kappa shape index (κ2) is 7.95. The van der Waals surface area contributed by atoms with Gasteiger partial charge in [-0.3, -0.25) is 4.79 Å². The fourth-order valence-electron chi connectivity index (χ4n) is 4.11. The lowest BCUT2D eigenvalue weighted by atomic mass is 10.0. The lowest BCUT2D eigenvalue weighted by Gasteiger charge is -2.32. The Morgan fingerprint density at radius 3 is 2.59 bits per heavy atom. The number of piperidine rings is 1. The molecule has 1 aliphatic heterocycles. The Bertz CT molecular complexity index is 1030. The van der Waals surface area contributed by atoms with Crippen molar-refractivity contribution in [2.75, 3.05) is 20.1 Å². The first-order valence-electron chi connectivity index (χ1n) is 10.4. The summed E-state index contributed by atoms with van der Waals surface area (Å²) in [6.07, 6.45) is 3.75. The van der Waals surface area contributed by atoms with Crippen LogP contribution in [0.1, 0.15) is 48.7 Å². The van der Waals surface area contributed by atoms with Crippen LogP contribution in [0.4, 0.5) is 0 Å². The van der Waals surface area contributed by atoms with Crippen LogP contribution in [0.15, 0.2) is 36.5 Å². The summed E-state index contributed by atoms with van der Waals surface area (Å²) >= 11 is 0. The van der Waals surface area contributed by atoms with E-state index < -0.39 is 0 Å². The number of amides is 1.